The normalized spacial score (nSPS) is 19.8. The maximum absolute atomic E-state index is 3.84. The average Bonchev–Trinajstić information content (AvgIpc) is 2.19. The van der Waals surface area contributed by atoms with Crippen molar-refractivity contribution in [3.8, 4) is 0 Å². The molecule has 1 atom stereocenters. The Morgan fingerprint density at radius 2 is 1.93 bits per heavy atom. The van der Waals surface area contributed by atoms with Crippen LogP contribution in [0.3, 0.4) is 0 Å². The lowest BCUT2D eigenvalue weighted by Gasteiger charge is -2.33. The minimum Gasteiger partial charge on any atom is -0.300 e. The summed E-state index contributed by atoms with van der Waals surface area (Å²) in [4.78, 5) is 2.63. The van der Waals surface area contributed by atoms with Gasteiger partial charge in [0.15, 0.2) is 0 Å². The number of hydrogen-bond acceptors (Lipinski definition) is 1. The maximum Gasteiger partial charge on any atom is 0.0138 e. The molecule has 0 amide bonds. The number of hydrogen-bond donors (Lipinski definition) is 0. The lowest BCUT2D eigenvalue weighted by Crippen LogP contribution is -2.39. The Kier molecular flexibility index (Phi) is 9.35. The lowest BCUT2D eigenvalue weighted by molar-refractivity contribution is 0.161. The maximum atomic E-state index is 3.84. The van der Waals surface area contributed by atoms with Crippen LogP contribution in [0, 0.1) is 0 Å². The van der Waals surface area contributed by atoms with E-state index in [9.17, 15) is 0 Å². The van der Waals surface area contributed by atoms with E-state index in [1.807, 2.05) is 0 Å². The molecule has 1 rings (SSSR count). The van der Waals surface area contributed by atoms with E-state index in [1.54, 1.807) is 0 Å². The van der Waals surface area contributed by atoms with Gasteiger partial charge in [-0.3, -0.25) is 0 Å². The Morgan fingerprint density at radius 1 is 1.29 bits per heavy atom. The fourth-order valence-electron chi connectivity index (χ4n) is 2.05. The molecule has 1 unspecified atom stereocenters. The Labute approximate surface area is 107 Å². The van der Waals surface area contributed by atoms with Crippen LogP contribution in [0.25, 0.3) is 0 Å². The van der Waals surface area contributed by atoms with E-state index in [4.69, 9.17) is 0 Å². The number of halogens is 2. The van der Waals surface area contributed by atoms with Crippen molar-refractivity contribution in [3.63, 3.8) is 0 Å². The number of nitrogens with zero attached hydrogens (tertiary/aromatic N) is 1. The van der Waals surface area contributed by atoms with Crippen molar-refractivity contribution in [1.29, 1.82) is 0 Å². The topological polar surface area (TPSA) is 3.24 Å². The zero-order valence-corrected chi connectivity index (χ0v) is 12.1. The second kappa shape index (κ2) is 8.93. The third kappa shape index (κ3) is 4.94. The van der Waals surface area contributed by atoms with Gasteiger partial charge < -0.3 is 4.90 Å². The smallest absolute Gasteiger partial charge is 0.0138 e. The summed E-state index contributed by atoms with van der Waals surface area (Å²) in [5.41, 5.74) is 0. The minimum absolute atomic E-state index is 0. The number of alkyl halides is 1. The number of piperidine rings is 1. The van der Waals surface area contributed by atoms with Crippen molar-refractivity contribution < 1.29 is 0 Å². The van der Waals surface area contributed by atoms with Gasteiger partial charge >= 0.3 is 0 Å². The predicted octanol–water partition coefficient (Wildman–Crippen LogP) is 3.78. The van der Waals surface area contributed by atoms with E-state index >= 15 is 0 Å². The van der Waals surface area contributed by atoms with Gasteiger partial charge in [0, 0.05) is 11.4 Å². The summed E-state index contributed by atoms with van der Waals surface area (Å²) in [6.07, 6.45) is 8.65. The van der Waals surface area contributed by atoms with Gasteiger partial charge in [0.1, 0.15) is 0 Å². The van der Waals surface area contributed by atoms with Gasteiger partial charge in [0.2, 0.25) is 0 Å². The largest absolute Gasteiger partial charge is 0.300 e. The van der Waals surface area contributed by atoms with Crippen molar-refractivity contribution >= 4 is 32.9 Å². The van der Waals surface area contributed by atoms with E-state index in [0.717, 1.165) is 17.8 Å². The molecular formula is C11H21Br2N. The molecule has 84 valence electrons. The first-order chi connectivity index (χ1) is 6.38. The highest BCUT2D eigenvalue weighted by Crippen LogP contribution is 2.17. The Bertz CT molecular complexity index is 144. The van der Waals surface area contributed by atoms with Crippen molar-refractivity contribution in [3.05, 3.63) is 12.7 Å². The monoisotopic (exact) mass is 325 g/mol. The van der Waals surface area contributed by atoms with Gasteiger partial charge in [0.05, 0.1) is 0 Å². The summed E-state index contributed by atoms with van der Waals surface area (Å²) in [6, 6.07) is 0.733. The molecule has 0 aliphatic carbocycles. The highest BCUT2D eigenvalue weighted by Gasteiger charge is 2.18. The first-order valence-corrected chi connectivity index (χ1v) is 6.41. The highest BCUT2D eigenvalue weighted by molar-refractivity contribution is 9.09. The van der Waals surface area contributed by atoms with Crippen molar-refractivity contribution in [2.75, 3.05) is 18.4 Å². The first kappa shape index (κ1) is 14.7. The summed E-state index contributed by atoms with van der Waals surface area (Å²) in [5, 5.41) is 1.11. The third-order valence-corrected chi connectivity index (χ3v) is 3.25. The van der Waals surface area contributed by atoms with Crippen LogP contribution >= 0.6 is 32.9 Å². The predicted molar refractivity (Wildman–Crippen MR) is 72.8 cm³/mol. The van der Waals surface area contributed by atoms with E-state index < -0.39 is 0 Å². The van der Waals surface area contributed by atoms with Crippen LogP contribution in [0.1, 0.15) is 32.1 Å². The fourth-order valence-corrected chi connectivity index (χ4v) is 2.58. The van der Waals surface area contributed by atoms with E-state index in [1.165, 1.54) is 38.8 Å². The molecule has 0 aromatic rings. The van der Waals surface area contributed by atoms with Gasteiger partial charge in [0.25, 0.3) is 0 Å². The molecule has 1 heterocycles. The Balaban J connectivity index is 0.00000169. The molecule has 0 bridgehead atoms. The molecule has 0 aromatic heterocycles. The molecule has 14 heavy (non-hydrogen) atoms. The number of likely N-dealkylation sites (tertiary alicyclic amines) is 1. The molecule has 3 heteroatoms. The minimum atomic E-state index is 0. The molecule has 1 aliphatic rings. The quantitative estimate of drug-likeness (QED) is 0.549. The molecule has 1 saturated heterocycles. The number of rotatable bonds is 5. The van der Waals surface area contributed by atoms with Crippen LogP contribution in [0.5, 0.6) is 0 Å². The third-order valence-electron chi connectivity index (χ3n) is 2.79. The van der Waals surface area contributed by atoms with Gasteiger partial charge in [-0.1, -0.05) is 28.4 Å². The van der Waals surface area contributed by atoms with E-state index in [-0.39, 0.29) is 17.0 Å². The Morgan fingerprint density at radius 3 is 2.43 bits per heavy atom. The molecule has 0 N–H and O–H groups in total. The van der Waals surface area contributed by atoms with Crippen LogP contribution in [-0.4, -0.2) is 29.4 Å². The highest BCUT2D eigenvalue weighted by atomic mass is 79.9. The molecule has 0 spiro atoms. The van der Waals surface area contributed by atoms with Crippen molar-refractivity contribution in [1.82, 2.24) is 4.90 Å². The van der Waals surface area contributed by atoms with E-state index in [2.05, 4.69) is 33.5 Å². The average molecular weight is 327 g/mol. The standard InChI is InChI=1S/C11H20BrN.BrH/c1-2-6-11(7-8-12)13-9-4-3-5-10-13;/h2,11H,1,3-10H2;1H. The van der Waals surface area contributed by atoms with Crippen LogP contribution in [0.2, 0.25) is 0 Å². The first-order valence-electron chi connectivity index (χ1n) is 5.29. The lowest BCUT2D eigenvalue weighted by atomic mass is 10.0. The van der Waals surface area contributed by atoms with Crippen LogP contribution in [0.15, 0.2) is 12.7 Å². The Hall–Kier alpha value is 0.660. The van der Waals surface area contributed by atoms with Gasteiger partial charge in [-0.25, -0.2) is 0 Å². The summed E-state index contributed by atoms with van der Waals surface area (Å²) >= 11 is 3.53. The summed E-state index contributed by atoms with van der Waals surface area (Å²) < 4.78 is 0. The molecule has 1 nitrogen and oxygen atoms in total. The zero-order valence-electron chi connectivity index (χ0n) is 8.75. The molecule has 0 radical (unpaired) electrons. The zero-order chi connectivity index (χ0) is 9.52. The van der Waals surface area contributed by atoms with Crippen molar-refractivity contribution in [2.45, 2.75) is 38.1 Å². The van der Waals surface area contributed by atoms with Crippen LogP contribution < -0.4 is 0 Å². The van der Waals surface area contributed by atoms with Crippen molar-refractivity contribution in [2.24, 2.45) is 0 Å². The van der Waals surface area contributed by atoms with Gasteiger partial charge in [-0.05, 0) is 38.8 Å². The second-order valence-corrected chi connectivity index (χ2v) is 4.55. The van der Waals surface area contributed by atoms with Crippen LogP contribution in [-0.2, 0) is 0 Å². The molecule has 1 aliphatic heterocycles. The fraction of sp³-hybridized carbons (Fsp3) is 0.818. The summed E-state index contributed by atoms with van der Waals surface area (Å²) in [5.74, 6) is 0. The molecular weight excluding hydrogens is 306 g/mol. The SMILES string of the molecule is Br.C=CCC(CCBr)N1CCCCC1. The van der Waals surface area contributed by atoms with Crippen LogP contribution in [0.4, 0.5) is 0 Å². The molecule has 0 saturated carbocycles. The summed E-state index contributed by atoms with van der Waals surface area (Å²) in [6.45, 7) is 6.43. The van der Waals surface area contributed by atoms with Gasteiger partial charge in [-0.15, -0.1) is 23.6 Å². The summed E-state index contributed by atoms with van der Waals surface area (Å²) in [7, 11) is 0. The molecule has 1 fully saturated rings. The second-order valence-electron chi connectivity index (χ2n) is 3.75. The van der Waals surface area contributed by atoms with Gasteiger partial charge in [-0.2, -0.15) is 0 Å². The van der Waals surface area contributed by atoms with E-state index in [0.29, 0.717) is 0 Å². The molecule has 0 aromatic carbocycles.